The van der Waals surface area contributed by atoms with E-state index in [0.717, 1.165) is 38.2 Å². The zero-order chi connectivity index (χ0) is 13.2. The van der Waals surface area contributed by atoms with E-state index in [1.54, 1.807) is 18.4 Å². The minimum Gasteiger partial charge on any atom is -0.382 e. The van der Waals surface area contributed by atoms with Crippen LogP contribution in [0, 0.1) is 13.8 Å². The summed E-state index contributed by atoms with van der Waals surface area (Å²) >= 11 is 1.78. The van der Waals surface area contributed by atoms with Crippen LogP contribution in [0.15, 0.2) is 0 Å². The summed E-state index contributed by atoms with van der Waals surface area (Å²) in [6.45, 7) is 8.28. The smallest absolute Gasteiger partial charge is 0.107 e. The molecule has 0 amide bonds. The van der Waals surface area contributed by atoms with Crippen LogP contribution in [0.3, 0.4) is 0 Å². The van der Waals surface area contributed by atoms with Crippen LogP contribution in [0.4, 0.5) is 0 Å². The van der Waals surface area contributed by atoms with Crippen molar-refractivity contribution in [1.29, 1.82) is 0 Å². The average Bonchev–Trinajstić information content (AvgIpc) is 2.67. The van der Waals surface area contributed by atoms with E-state index in [4.69, 9.17) is 9.47 Å². The molecule has 0 saturated carbocycles. The molecule has 0 saturated heterocycles. The summed E-state index contributed by atoms with van der Waals surface area (Å²) in [5.74, 6) is 0. The highest BCUT2D eigenvalue weighted by Crippen LogP contribution is 2.15. The van der Waals surface area contributed by atoms with Gasteiger partial charge in [0.25, 0.3) is 0 Å². The Hall–Kier alpha value is -0.490. The molecule has 0 aliphatic rings. The van der Waals surface area contributed by atoms with Gasteiger partial charge in [0.05, 0.1) is 18.9 Å². The van der Waals surface area contributed by atoms with Crippen LogP contribution in [-0.2, 0) is 16.0 Å². The van der Waals surface area contributed by atoms with Crippen LogP contribution in [0.1, 0.15) is 28.4 Å². The van der Waals surface area contributed by atoms with Gasteiger partial charge < -0.3 is 14.8 Å². The summed E-state index contributed by atoms with van der Waals surface area (Å²) in [4.78, 5) is 5.81. The number of aromatic nitrogens is 1. The van der Waals surface area contributed by atoms with Crippen molar-refractivity contribution < 1.29 is 9.47 Å². The highest BCUT2D eigenvalue weighted by Gasteiger charge is 2.02. The largest absolute Gasteiger partial charge is 0.382 e. The lowest BCUT2D eigenvalue weighted by atomic mass is 10.3. The van der Waals surface area contributed by atoms with Crippen molar-refractivity contribution in [3.05, 3.63) is 15.6 Å². The molecule has 4 nitrogen and oxygen atoms in total. The summed E-state index contributed by atoms with van der Waals surface area (Å²) in [5, 5.41) is 4.59. The predicted octanol–water partition coefficient (Wildman–Crippen LogP) is 2.29. The van der Waals surface area contributed by atoms with Crippen LogP contribution >= 0.6 is 11.3 Å². The van der Waals surface area contributed by atoms with Gasteiger partial charge in [-0.15, -0.1) is 11.3 Å². The molecule has 18 heavy (non-hydrogen) atoms. The summed E-state index contributed by atoms with van der Waals surface area (Å²) < 4.78 is 10.3. The van der Waals surface area contributed by atoms with Crippen LogP contribution < -0.4 is 5.32 Å². The van der Waals surface area contributed by atoms with Gasteiger partial charge in [0.1, 0.15) is 5.01 Å². The molecule has 0 unspecified atom stereocenters. The molecule has 5 heteroatoms. The number of rotatable bonds is 10. The predicted molar refractivity (Wildman–Crippen MR) is 75.2 cm³/mol. The quantitative estimate of drug-likeness (QED) is 0.664. The lowest BCUT2D eigenvalue weighted by molar-refractivity contribution is 0.0688. The molecule has 1 N–H and O–H groups in total. The third-order valence-corrected chi connectivity index (χ3v) is 3.75. The molecule has 0 spiro atoms. The maximum atomic E-state index is 5.39. The Kier molecular flexibility index (Phi) is 8.17. The van der Waals surface area contributed by atoms with E-state index in [1.807, 2.05) is 0 Å². The normalized spacial score (nSPS) is 11.1. The Labute approximate surface area is 114 Å². The number of methoxy groups -OCH3 is 1. The molecule has 0 bridgehead atoms. The van der Waals surface area contributed by atoms with Crippen LogP contribution in [0.5, 0.6) is 0 Å². The molecule has 1 heterocycles. The van der Waals surface area contributed by atoms with Gasteiger partial charge >= 0.3 is 0 Å². The second kappa shape index (κ2) is 9.44. The molecule has 0 fully saturated rings. The van der Waals surface area contributed by atoms with E-state index in [9.17, 15) is 0 Å². The van der Waals surface area contributed by atoms with Crippen LogP contribution in [0.2, 0.25) is 0 Å². The van der Waals surface area contributed by atoms with Crippen LogP contribution in [-0.4, -0.2) is 38.5 Å². The fourth-order valence-corrected chi connectivity index (χ4v) is 2.41. The van der Waals surface area contributed by atoms with Crippen molar-refractivity contribution in [2.24, 2.45) is 0 Å². The molecule has 1 aromatic rings. The summed E-state index contributed by atoms with van der Waals surface area (Å²) in [6.07, 6.45) is 2.23. The fraction of sp³-hybridized carbons (Fsp3) is 0.769. The maximum absolute atomic E-state index is 5.39. The van der Waals surface area contributed by atoms with E-state index in [1.165, 1.54) is 9.88 Å². The van der Waals surface area contributed by atoms with Crippen molar-refractivity contribution in [3.8, 4) is 0 Å². The first-order chi connectivity index (χ1) is 8.74. The van der Waals surface area contributed by atoms with Gasteiger partial charge in [0.15, 0.2) is 0 Å². The number of hydrogen-bond donors (Lipinski definition) is 1. The second-order valence-corrected chi connectivity index (χ2v) is 5.53. The van der Waals surface area contributed by atoms with E-state index in [-0.39, 0.29) is 0 Å². The molecular weight excluding hydrogens is 248 g/mol. The highest BCUT2D eigenvalue weighted by atomic mass is 32.1. The van der Waals surface area contributed by atoms with Crippen molar-refractivity contribution in [3.63, 3.8) is 0 Å². The van der Waals surface area contributed by atoms with Gasteiger partial charge in [-0.1, -0.05) is 0 Å². The Morgan fingerprint density at radius 1 is 1.17 bits per heavy atom. The average molecular weight is 272 g/mol. The minimum atomic E-state index is 0.682. The van der Waals surface area contributed by atoms with E-state index in [0.29, 0.717) is 13.2 Å². The van der Waals surface area contributed by atoms with Gasteiger partial charge in [-0.3, -0.25) is 0 Å². The lowest BCUT2D eigenvalue weighted by Gasteiger charge is -2.04. The first kappa shape index (κ1) is 15.6. The van der Waals surface area contributed by atoms with Crippen molar-refractivity contribution in [2.75, 3.05) is 33.5 Å². The van der Waals surface area contributed by atoms with Crippen LogP contribution in [0.25, 0.3) is 0 Å². The molecule has 0 aromatic carbocycles. The maximum Gasteiger partial charge on any atom is 0.107 e. The summed E-state index contributed by atoms with van der Waals surface area (Å²) in [5.41, 5.74) is 1.16. The minimum absolute atomic E-state index is 0.682. The number of ether oxygens (including phenoxy) is 2. The fourth-order valence-electron chi connectivity index (χ4n) is 1.51. The first-order valence-corrected chi connectivity index (χ1v) is 7.26. The number of nitrogens with zero attached hydrogens (tertiary/aromatic N) is 1. The van der Waals surface area contributed by atoms with Gasteiger partial charge in [-0.2, -0.15) is 0 Å². The van der Waals surface area contributed by atoms with Gasteiger partial charge in [-0.05, 0) is 33.2 Å². The topological polar surface area (TPSA) is 43.4 Å². The molecule has 0 radical (unpaired) electrons. The zero-order valence-electron chi connectivity index (χ0n) is 11.6. The summed E-state index contributed by atoms with van der Waals surface area (Å²) in [7, 11) is 1.69. The number of aryl methyl sites for hydroxylation is 2. The molecule has 104 valence electrons. The first-order valence-electron chi connectivity index (χ1n) is 6.44. The van der Waals surface area contributed by atoms with Crippen molar-refractivity contribution in [1.82, 2.24) is 10.3 Å². The third-order valence-electron chi connectivity index (χ3n) is 2.67. The molecule has 1 rings (SSSR count). The number of unbranched alkanes of at least 4 members (excludes halogenated alkanes) is 1. The number of hydrogen-bond acceptors (Lipinski definition) is 5. The van der Waals surface area contributed by atoms with E-state index in [2.05, 4.69) is 24.1 Å². The van der Waals surface area contributed by atoms with Crippen molar-refractivity contribution in [2.45, 2.75) is 33.2 Å². The molecule has 0 aliphatic carbocycles. The molecular formula is C13H24N2O2S. The monoisotopic (exact) mass is 272 g/mol. The SMILES string of the molecule is COCCOCCCCNCc1nc(C)c(C)s1. The number of thiazole rings is 1. The number of nitrogens with one attached hydrogen (secondary N) is 1. The van der Waals surface area contributed by atoms with Gasteiger partial charge in [0.2, 0.25) is 0 Å². The van der Waals surface area contributed by atoms with E-state index >= 15 is 0 Å². The Morgan fingerprint density at radius 3 is 2.67 bits per heavy atom. The highest BCUT2D eigenvalue weighted by molar-refractivity contribution is 7.11. The second-order valence-electron chi connectivity index (χ2n) is 4.24. The zero-order valence-corrected chi connectivity index (χ0v) is 12.4. The Morgan fingerprint density at radius 2 is 2.00 bits per heavy atom. The standard InChI is InChI=1S/C13H24N2O2S/c1-11-12(2)18-13(15-11)10-14-6-4-5-7-17-9-8-16-3/h14H,4-10H2,1-3H3. The van der Waals surface area contributed by atoms with Crippen molar-refractivity contribution >= 4 is 11.3 Å². The van der Waals surface area contributed by atoms with E-state index < -0.39 is 0 Å². The van der Waals surface area contributed by atoms with Gasteiger partial charge in [0, 0.05) is 25.1 Å². The lowest BCUT2D eigenvalue weighted by Crippen LogP contribution is -2.15. The Balaban J connectivity index is 1.92. The summed E-state index contributed by atoms with van der Waals surface area (Å²) in [6, 6.07) is 0. The molecule has 1 aromatic heterocycles. The third kappa shape index (κ3) is 6.44. The molecule has 0 aliphatic heterocycles. The molecule has 0 atom stereocenters. The Bertz CT molecular complexity index is 309. The van der Waals surface area contributed by atoms with Gasteiger partial charge in [-0.25, -0.2) is 4.98 Å².